The van der Waals surface area contributed by atoms with E-state index in [1.807, 2.05) is 42.5 Å². The number of rotatable bonds is 4. The molecule has 1 N–H and O–H groups in total. The van der Waals surface area contributed by atoms with Crippen molar-refractivity contribution in [2.45, 2.75) is 32.9 Å². The van der Waals surface area contributed by atoms with Gasteiger partial charge in [0.15, 0.2) is 0 Å². The van der Waals surface area contributed by atoms with Crippen molar-refractivity contribution in [3.63, 3.8) is 0 Å². The van der Waals surface area contributed by atoms with Gasteiger partial charge in [0.25, 0.3) is 5.91 Å². The van der Waals surface area contributed by atoms with E-state index in [9.17, 15) is 4.79 Å². The molecule has 1 amide bonds. The second-order valence-corrected chi connectivity index (χ2v) is 9.96. The Morgan fingerprint density at radius 1 is 1.07 bits per heavy atom. The van der Waals surface area contributed by atoms with Crippen molar-refractivity contribution in [1.29, 1.82) is 0 Å². The van der Waals surface area contributed by atoms with Crippen LogP contribution in [0.2, 0.25) is 0 Å². The Morgan fingerprint density at radius 3 is 2.60 bits per heavy atom. The summed E-state index contributed by atoms with van der Waals surface area (Å²) in [5.74, 6) is -0.0720. The van der Waals surface area contributed by atoms with Crippen LogP contribution < -0.4 is 5.32 Å². The molecule has 0 fully saturated rings. The Hall–Kier alpha value is -2.54. The highest BCUT2D eigenvalue weighted by atomic mass is 32.1. The van der Waals surface area contributed by atoms with Gasteiger partial charge in [-0.15, -0.1) is 22.7 Å². The zero-order chi connectivity index (χ0) is 20.7. The van der Waals surface area contributed by atoms with Crippen molar-refractivity contribution in [1.82, 2.24) is 9.88 Å². The van der Waals surface area contributed by atoms with E-state index < -0.39 is 0 Å². The summed E-state index contributed by atoms with van der Waals surface area (Å²) >= 11 is 3.41. The number of thiazole rings is 1. The minimum Gasteiger partial charge on any atom is -0.313 e. The second kappa shape index (κ2) is 7.95. The number of hydrogen-bond acceptors (Lipinski definition) is 5. The molecule has 2 aromatic carbocycles. The number of para-hydroxylation sites is 1. The number of carbonyl (C=O) groups excluding carboxylic acids is 1. The normalized spacial score (nSPS) is 14.2. The van der Waals surface area contributed by atoms with Gasteiger partial charge in [-0.25, -0.2) is 4.98 Å². The standard InChI is InChI=1S/C24H23N3OS2/c1-15(2)27-13-12-17-20(14-27)30-24(26-22(28)16-8-4-3-5-9-16)21(17)23-25-18-10-6-7-11-19(18)29-23/h3-11,15H,12-14H2,1-2H3,(H,26,28). The molecule has 1 aliphatic heterocycles. The monoisotopic (exact) mass is 433 g/mol. The van der Waals surface area contributed by atoms with Crippen LogP contribution in [0.3, 0.4) is 0 Å². The van der Waals surface area contributed by atoms with E-state index in [4.69, 9.17) is 4.98 Å². The Labute approximate surface area is 184 Å². The van der Waals surface area contributed by atoms with Crippen molar-refractivity contribution < 1.29 is 4.79 Å². The average Bonchev–Trinajstić information content (AvgIpc) is 3.34. The van der Waals surface area contributed by atoms with Gasteiger partial charge in [0, 0.05) is 35.1 Å². The molecule has 6 heteroatoms. The van der Waals surface area contributed by atoms with Crippen LogP contribution in [0.4, 0.5) is 5.00 Å². The van der Waals surface area contributed by atoms with E-state index in [0.717, 1.165) is 40.6 Å². The summed E-state index contributed by atoms with van der Waals surface area (Å²) in [6, 6.07) is 18.1. The summed E-state index contributed by atoms with van der Waals surface area (Å²) in [6.07, 6.45) is 0.983. The molecule has 30 heavy (non-hydrogen) atoms. The van der Waals surface area contributed by atoms with Crippen LogP contribution in [0, 0.1) is 0 Å². The smallest absolute Gasteiger partial charge is 0.256 e. The number of fused-ring (bicyclic) bond motifs is 2. The quantitative estimate of drug-likeness (QED) is 0.426. The zero-order valence-electron chi connectivity index (χ0n) is 17.0. The van der Waals surface area contributed by atoms with Crippen LogP contribution in [-0.4, -0.2) is 28.4 Å². The highest BCUT2D eigenvalue weighted by molar-refractivity contribution is 7.23. The molecule has 0 saturated carbocycles. The largest absolute Gasteiger partial charge is 0.313 e. The first-order chi connectivity index (χ1) is 14.6. The summed E-state index contributed by atoms with van der Waals surface area (Å²) in [5, 5.41) is 5.11. The third-order valence-corrected chi connectivity index (χ3v) is 7.77. The molecule has 0 atom stereocenters. The van der Waals surface area contributed by atoms with E-state index in [1.54, 1.807) is 22.7 Å². The Morgan fingerprint density at radius 2 is 1.83 bits per heavy atom. The Kier molecular flexibility index (Phi) is 5.15. The minimum atomic E-state index is -0.0720. The molecule has 152 valence electrons. The summed E-state index contributed by atoms with van der Waals surface area (Å²) in [4.78, 5) is 21.7. The van der Waals surface area contributed by atoms with Crippen LogP contribution in [0.5, 0.6) is 0 Å². The molecule has 0 saturated heterocycles. The highest BCUT2D eigenvalue weighted by Crippen LogP contribution is 2.46. The molecular weight excluding hydrogens is 410 g/mol. The second-order valence-electron chi connectivity index (χ2n) is 7.83. The Balaban J connectivity index is 1.59. The first-order valence-corrected chi connectivity index (χ1v) is 11.8. The predicted octanol–water partition coefficient (Wildman–Crippen LogP) is 6.04. The van der Waals surface area contributed by atoms with Crippen LogP contribution in [0.25, 0.3) is 20.8 Å². The van der Waals surface area contributed by atoms with Gasteiger partial charge < -0.3 is 5.32 Å². The fourth-order valence-electron chi connectivity index (χ4n) is 3.92. The van der Waals surface area contributed by atoms with Gasteiger partial charge in [-0.2, -0.15) is 0 Å². The van der Waals surface area contributed by atoms with E-state index >= 15 is 0 Å². The molecule has 1 aliphatic rings. The van der Waals surface area contributed by atoms with Gasteiger partial charge in [0.05, 0.1) is 10.2 Å². The van der Waals surface area contributed by atoms with E-state index in [-0.39, 0.29) is 5.91 Å². The number of amides is 1. The molecule has 0 aliphatic carbocycles. The summed E-state index contributed by atoms with van der Waals surface area (Å²) in [7, 11) is 0. The van der Waals surface area contributed by atoms with E-state index in [1.165, 1.54) is 15.1 Å². The number of benzene rings is 2. The maximum atomic E-state index is 12.9. The molecular formula is C24H23N3OS2. The average molecular weight is 434 g/mol. The van der Waals surface area contributed by atoms with Gasteiger partial charge in [-0.1, -0.05) is 30.3 Å². The molecule has 2 aromatic heterocycles. The lowest BCUT2D eigenvalue weighted by atomic mass is 10.0. The summed E-state index contributed by atoms with van der Waals surface area (Å²) in [6.45, 7) is 6.44. The SMILES string of the molecule is CC(C)N1CCc2c(sc(NC(=O)c3ccccc3)c2-c2nc3ccccc3s2)C1. The maximum Gasteiger partial charge on any atom is 0.256 e. The third kappa shape index (κ3) is 3.55. The number of anilines is 1. The lowest BCUT2D eigenvalue weighted by Gasteiger charge is -2.30. The molecule has 5 rings (SSSR count). The summed E-state index contributed by atoms with van der Waals surface area (Å²) in [5.41, 5.74) is 4.14. The van der Waals surface area contributed by atoms with Crippen molar-refractivity contribution in [3.8, 4) is 10.6 Å². The fourth-order valence-corrected chi connectivity index (χ4v) is 6.30. The van der Waals surface area contributed by atoms with E-state index in [2.05, 4.69) is 36.2 Å². The zero-order valence-corrected chi connectivity index (χ0v) is 18.6. The van der Waals surface area contributed by atoms with Crippen molar-refractivity contribution >= 4 is 43.8 Å². The summed E-state index contributed by atoms with van der Waals surface area (Å²) < 4.78 is 1.17. The highest BCUT2D eigenvalue weighted by Gasteiger charge is 2.28. The first-order valence-electron chi connectivity index (χ1n) is 10.2. The third-order valence-electron chi connectivity index (χ3n) is 5.59. The first kappa shape index (κ1) is 19.4. The maximum absolute atomic E-state index is 12.9. The number of carbonyl (C=O) groups is 1. The van der Waals surface area contributed by atoms with Gasteiger partial charge in [0.1, 0.15) is 10.0 Å². The molecule has 0 spiro atoms. The van der Waals surface area contributed by atoms with Crippen molar-refractivity contribution in [2.75, 3.05) is 11.9 Å². The number of nitrogens with one attached hydrogen (secondary N) is 1. The number of aromatic nitrogens is 1. The van der Waals surface area contributed by atoms with Crippen molar-refractivity contribution in [2.24, 2.45) is 0 Å². The number of nitrogens with zero attached hydrogens (tertiary/aromatic N) is 2. The molecule has 0 unspecified atom stereocenters. The topological polar surface area (TPSA) is 45.2 Å². The molecule has 0 radical (unpaired) electrons. The predicted molar refractivity (Wildman–Crippen MR) is 127 cm³/mol. The molecule has 3 heterocycles. The lowest BCUT2D eigenvalue weighted by molar-refractivity contribution is 0.102. The lowest BCUT2D eigenvalue weighted by Crippen LogP contribution is -2.35. The van der Waals surface area contributed by atoms with Gasteiger partial charge in [-0.3, -0.25) is 9.69 Å². The van der Waals surface area contributed by atoms with Crippen LogP contribution >= 0.6 is 22.7 Å². The van der Waals surface area contributed by atoms with Gasteiger partial charge in [-0.05, 0) is 50.1 Å². The van der Waals surface area contributed by atoms with Crippen LogP contribution in [0.15, 0.2) is 54.6 Å². The molecule has 4 aromatic rings. The fraction of sp³-hybridized carbons (Fsp3) is 0.250. The van der Waals surface area contributed by atoms with E-state index in [0.29, 0.717) is 11.6 Å². The van der Waals surface area contributed by atoms with Crippen LogP contribution in [-0.2, 0) is 13.0 Å². The van der Waals surface area contributed by atoms with Crippen LogP contribution in [0.1, 0.15) is 34.6 Å². The minimum absolute atomic E-state index is 0.0720. The van der Waals surface area contributed by atoms with Gasteiger partial charge in [0.2, 0.25) is 0 Å². The van der Waals surface area contributed by atoms with Gasteiger partial charge >= 0.3 is 0 Å². The van der Waals surface area contributed by atoms with Crippen molar-refractivity contribution in [3.05, 3.63) is 70.6 Å². The Bertz CT molecular complexity index is 1180. The number of hydrogen-bond donors (Lipinski definition) is 1. The molecule has 4 nitrogen and oxygen atoms in total. The number of thiophene rings is 1. The molecule has 0 bridgehead atoms.